The Morgan fingerprint density at radius 3 is 2.42 bits per heavy atom. The van der Waals surface area contributed by atoms with Gasteiger partial charge in [0.15, 0.2) is 0 Å². The summed E-state index contributed by atoms with van der Waals surface area (Å²) in [7, 11) is -2.80. The van der Waals surface area contributed by atoms with Gasteiger partial charge >= 0.3 is 6.36 Å². The third kappa shape index (κ3) is 5.10. The number of carbonyl (C=O) groups is 1. The second kappa shape index (κ2) is 7.22. The summed E-state index contributed by atoms with van der Waals surface area (Å²) in [6, 6.07) is 7.98. The van der Waals surface area contributed by atoms with Gasteiger partial charge in [-0.3, -0.25) is 4.79 Å². The highest BCUT2D eigenvalue weighted by molar-refractivity contribution is 7.89. The van der Waals surface area contributed by atoms with Gasteiger partial charge in [0.1, 0.15) is 11.5 Å². The van der Waals surface area contributed by atoms with Crippen LogP contribution < -0.4 is 19.9 Å². The summed E-state index contributed by atoms with van der Waals surface area (Å²) in [6.45, 7) is 0. The largest absolute Gasteiger partial charge is 0.573 e. The second-order valence-corrected chi connectivity index (χ2v) is 6.50. The highest BCUT2D eigenvalue weighted by Gasteiger charge is 2.31. The number of halogens is 3. The molecule has 0 bridgehead atoms. The fourth-order valence-electron chi connectivity index (χ4n) is 2.01. The molecule has 2 aromatic rings. The van der Waals surface area contributed by atoms with Crippen LogP contribution in [0.15, 0.2) is 47.4 Å². The molecule has 0 aromatic heterocycles. The minimum atomic E-state index is -4.88. The van der Waals surface area contributed by atoms with Crippen molar-refractivity contribution in [3.63, 3.8) is 0 Å². The van der Waals surface area contributed by atoms with Crippen molar-refractivity contribution in [1.82, 2.24) is 0 Å². The molecule has 11 heteroatoms. The molecule has 0 aliphatic heterocycles. The maximum atomic E-state index is 12.4. The average molecular weight is 390 g/mol. The van der Waals surface area contributed by atoms with Gasteiger partial charge in [0, 0.05) is 11.8 Å². The van der Waals surface area contributed by atoms with Crippen LogP contribution in [0.2, 0.25) is 0 Å². The SMILES string of the molecule is COc1ccc(S(N)(=O)=O)cc1C(=O)Nc1cccc(OC(F)(F)F)c1. The number of sulfonamides is 1. The van der Waals surface area contributed by atoms with Crippen molar-refractivity contribution in [3.05, 3.63) is 48.0 Å². The van der Waals surface area contributed by atoms with E-state index in [1.807, 2.05) is 0 Å². The van der Waals surface area contributed by atoms with Crippen molar-refractivity contribution in [2.24, 2.45) is 5.14 Å². The van der Waals surface area contributed by atoms with Crippen LogP contribution in [0.3, 0.4) is 0 Å². The Balaban J connectivity index is 2.31. The van der Waals surface area contributed by atoms with Crippen LogP contribution in [-0.4, -0.2) is 27.8 Å². The summed E-state index contributed by atoms with van der Waals surface area (Å²) >= 11 is 0. The van der Waals surface area contributed by atoms with Crippen LogP contribution >= 0.6 is 0 Å². The van der Waals surface area contributed by atoms with Gasteiger partial charge in [-0.25, -0.2) is 13.6 Å². The van der Waals surface area contributed by atoms with Gasteiger partial charge in [-0.05, 0) is 30.3 Å². The Kier molecular flexibility index (Phi) is 5.42. The summed E-state index contributed by atoms with van der Waals surface area (Å²) < 4.78 is 68.4. The monoisotopic (exact) mass is 390 g/mol. The second-order valence-electron chi connectivity index (χ2n) is 4.94. The number of carbonyl (C=O) groups excluding carboxylic acids is 1. The zero-order valence-corrected chi connectivity index (χ0v) is 14.0. The Bertz CT molecular complexity index is 929. The van der Waals surface area contributed by atoms with E-state index in [1.165, 1.54) is 25.3 Å². The van der Waals surface area contributed by atoms with E-state index < -0.39 is 28.0 Å². The van der Waals surface area contributed by atoms with Crippen molar-refractivity contribution >= 4 is 21.6 Å². The molecule has 0 unspecified atom stereocenters. The van der Waals surface area contributed by atoms with Gasteiger partial charge in [-0.2, -0.15) is 0 Å². The zero-order valence-electron chi connectivity index (χ0n) is 13.2. The highest BCUT2D eigenvalue weighted by Crippen LogP contribution is 2.27. The average Bonchev–Trinajstić information content (AvgIpc) is 2.52. The molecule has 0 aliphatic rings. The molecule has 0 aliphatic carbocycles. The molecule has 0 atom stereocenters. The van der Waals surface area contributed by atoms with Crippen LogP contribution in [-0.2, 0) is 10.0 Å². The number of benzene rings is 2. The number of amides is 1. The molecular formula is C15H13F3N2O5S. The van der Waals surface area contributed by atoms with Crippen molar-refractivity contribution in [2.45, 2.75) is 11.3 Å². The van der Waals surface area contributed by atoms with Gasteiger partial charge in [-0.1, -0.05) is 6.07 Å². The number of methoxy groups -OCH3 is 1. The first-order valence-electron chi connectivity index (χ1n) is 6.87. The first kappa shape index (κ1) is 19.5. The molecule has 0 spiro atoms. The lowest BCUT2D eigenvalue weighted by molar-refractivity contribution is -0.274. The Hall–Kier alpha value is -2.79. The third-order valence-corrected chi connectivity index (χ3v) is 3.98. The molecule has 0 heterocycles. The van der Waals surface area contributed by atoms with Crippen LogP contribution in [0.25, 0.3) is 0 Å². The lowest BCUT2D eigenvalue weighted by Crippen LogP contribution is -2.18. The molecule has 0 saturated carbocycles. The van der Waals surface area contributed by atoms with E-state index in [0.29, 0.717) is 0 Å². The predicted molar refractivity (Wildman–Crippen MR) is 85.4 cm³/mol. The Morgan fingerprint density at radius 1 is 1.15 bits per heavy atom. The van der Waals surface area contributed by atoms with Gasteiger partial charge in [-0.15, -0.1) is 13.2 Å². The predicted octanol–water partition coefficient (Wildman–Crippen LogP) is 2.49. The minimum absolute atomic E-state index is 0.000174. The van der Waals surface area contributed by atoms with E-state index in [1.54, 1.807) is 0 Å². The summed E-state index contributed by atoms with van der Waals surface area (Å²) in [4.78, 5) is 12.1. The zero-order chi connectivity index (χ0) is 19.5. The number of alkyl halides is 3. The van der Waals surface area contributed by atoms with Crippen molar-refractivity contribution in [3.8, 4) is 11.5 Å². The van der Waals surface area contributed by atoms with Crippen molar-refractivity contribution < 1.29 is 35.9 Å². The van der Waals surface area contributed by atoms with Crippen LogP contribution in [0.1, 0.15) is 10.4 Å². The van der Waals surface area contributed by atoms with Gasteiger partial charge in [0.05, 0.1) is 17.6 Å². The molecule has 0 saturated heterocycles. The summed E-state index contributed by atoms with van der Waals surface area (Å²) in [6.07, 6.45) is -4.88. The smallest absolute Gasteiger partial charge is 0.496 e. The van der Waals surface area contributed by atoms with Crippen LogP contribution in [0, 0.1) is 0 Å². The molecule has 1 amide bonds. The molecule has 7 nitrogen and oxygen atoms in total. The fraction of sp³-hybridized carbons (Fsp3) is 0.133. The first-order valence-corrected chi connectivity index (χ1v) is 8.42. The number of ether oxygens (including phenoxy) is 2. The van der Waals surface area contributed by atoms with Crippen LogP contribution in [0.5, 0.6) is 11.5 Å². The van der Waals surface area contributed by atoms with Crippen LogP contribution in [0.4, 0.5) is 18.9 Å². The third-order valence-electron chi connectivity index (χ3n) is 3.07. The van der Waals surface area contributed by atoms with Crippen molar-refractivity contribution in [1.29, 1.82) is 0 Å². The molecule has 0 fully saturated rings. The number of nitrogens with one attached hydrogen (secondary N) is 1. The Morgan fingerprint density at radius 2 is 1.85 bits per heavy atom. The number of rotatable bonds is 5. The molecule has 0 radical (unpaired) electrons. The maximum Gasteiger partial charge on any atom is 0.573 e. The number of primary sulfonamides is 1. The number of anilines is 1. The topological polar surface area (TPSA) is 108 Å². The lowest BCUT2D eigenvalue weighted by Gasteiger charge is -2.12. The van der Waals surface area contributed by atoms with E-state index in [2.05, 4.69) is 10.1 Å². The van der Waals surface area contributed by atoms with Gasteiger partial charge < -0.3 is 14.8 Å². The van der Waals surface area contributed by atoms with E-state index >= 15 is 0 Å². The molecular weight excluding hydrogens is 377 g/mol. The van der Waals surface area contributed by atoms with E-state index in [4.69, 9.17) is 9.88 Å². The normalized spacial score (nSPS) is 11.7. The maximum absolute atomic E-state index is 12.4. The summed E-state index contributed by atoms with van der Waals surface area (Å²) in [5.74, 6) is -1.28. The van der Waals surface area contributed by atoms with Gasteiger partial charge in [0.25, 0.3) is 5.91 Å². The lowest BCUT2D eigenvalue weighted by atomic mass is 10.2. The summed E-state index contributed by atoms with van der Waals surface area (Å²) in [5, 5.41) is 7.36. The number of hydrogen-bond acceptors (Lipinski definition) is 5. The summed E-state index contributed by atoms with van der Waals surface area (Å²) in [5.41, 5.74) is -0.166. The number of nitrogens with two attached hydrogens (primary N) is 1. The van der Waals surface area contributed by atoms with Gasteiger partial charge in [0.2, 0.25) is 10.0 Å². The Labute approximate surface area is 146 Å². The minimum Gasteiger partial charge on any atom is -0.496 e. The van der Waals surface area contributed by atoms with E-state index in [0.717, 1.165) is 24.3 Å². The van der Waals surface area contributed by atoms with Crippen molar-refractivity contribution in [2.75, 3.05) is 12.4 Å². The number of hydrogen-bond donors (Lipinski definition) is 2. The highest BCUT2D eigenvalue weighted by atomic mass is 32.2. The molecule has 3 N–H and O–H groups in total. The molecule has 140 valence electrons. The standard InChI is InChI=1S/C15H13F3N2O5S/c1-24-13-6-5-11(26(19,22)23)8-12(13)14(21)20-9-3-2-4-10(7-9)25-15(16,17)18/h2-8H,1H3,(H,20,21)(H2,19,22,23). The van der Waals surface area contributed by atoms with E-state index in [9.17, 15) is 26.4 Å². The quantitative estimate of drug-likeness (QED) is 0.816. The molecule has 2 rings (SSSR count). The molecule has 2 aromatic carbocycles. The van der Waals surface area contributed by atoms with E-state index in [-0.39, 0.29) is 21.9 Å². The first-order chi connectivity index (χ1) is 12.0. The fourth-order valence-corrected chi connectivity index (χ4v) is 2.55. The molecule has 26 heavy (non-hydrogen) atoms.